The summed E-state index contributed by atoms with van der Waals surface area (Å²) in [5.74, 6) is -0.0356. The van der Waals surface area contributed by atoms with Gasteiger partial charge in [0.05, 0.1) is 0 Å². The van der Waals surface area contributed by atoms with Gasteiger partial charge in [0.1, 0.15) is 0 Å². The van der Waals surface area contributed by atoms with E-state index >= 15 is 0 Å². The van der Waals surface area contributed by atoms with Crippen molar-refractivity contribution in [1.29, 1.82) is 0 Å². The zero-order valence-corrected chi connectivity index (χ0v) is 11.9. The summed E-state index contributed by atoms with van der Waals surface area (Å²) in [7, 11) is 1.85. The first-order valence-corrected chi connectivity index (χ1v) is 6.82. The van der Waals surface area contributed by atoms with Gasteiger partial charge in [-0.2, -0.15) is 0 Å². The van der Waals surface area contributed by atoms with Crippen molar-refractivity contribution in [3.63, 3.8) is 0 Å². The number of carbonyl (C=O) groups excluding carboxylic acids is 1. The van der Waals surface area contributed by atoms with Crippen LogP contribution in [-0.2, 0) is 4.79 Å². The molecule has 0 aromatic heterocycles. The molecule has 1 unspecified atom stereocenters. The Morgan fingerprint density at radius 3 is 2.40 bits per heavy atom. The first-order chi connectivity index (χ1) is 9.72. The van der Waals surface area contributed by atoms with E-state index in [1.54, 1.807) is 0 Å². The fourth-order valence-electron chi connectivity index (χ4n) is 2.12. The van der Waals surface area contributed by atoms with E-state index in [-0.39, 0.29) is 11.8 Å². The molecule has 3 nitrogen and oxygen atoms in total. The Balaban J connectivity index is 2.23. The van der Waals surface area contributed by atoms with Crippen molar-refractivity contribution in [3.8, 4) is 11.1 Å². The molecule has 2 rings (SSSR count). The summed E-state index contributed by atoms with van der Waals surface area (Å²) in [5.41, 5.74) is 2.99. The number of rotatable bonds is 5. The molecule has 0 aliphatic heterocycles. The number of nitrogens with one attached hydrogen (secondary N) is 2. The van der Waals surface area contributed by atoms with E-state index in [1.807, 2.05) is 68.6 Å². The third kappa shape index (κ3) is 3.45. The van der Waals surface area contributed by atoms with E-state index in [1.165, 1.54) is 0 Å². The maximum atomic E-state index is 12.1. The smallest absolute Gasteiger partial charge is 0.228 e. The largest absolute Gasteiger partial charge is 0.325 e. The zero-order valence-electron chi connectivity index (χ0n) is 11.9. The van der Waals surface area contributed by atoms with E-state index in [0.717, 1.165) is 16.8 Å². The van der Waals surface area contributed by atoms with Crippen LogP contribution in [0.2, 0.25) is 0 Å². The van der Waals surface area contributed by atoms with Crippen LogP contribution in [0.5, 0.6) is 0 Å². The monoisotopic (exact) mass is 268 g/mol. The van der Waals surface area contributed by atoms with Crippen molar-refractivity contribution in [2.24, 2.45) is 5.92 Å². The van der Waals surface area contributed by atoms with Crippen molar-refractivity contribution in [1.82, 2.24) is 5.32 Å². The summed E-state index contributed by atoms with van der Waals surface area (Å²) in [5, 5.41) is 6.03. The molecular weight excluding hydrogens is 248 g/mol. The Bertz CT molecular complexity index is 566. The van der Waals surface area contributed by atoms with Crippen LogP contribution in [-0.4, -0.2) is 19.5 Å². The molecule has 2 aromatic rings. The lowest BCUT2D eigenvalue weighted by Crippen LogP contribution is -2.28. The Kier molecular flexibility index (Phi) is 4.91. The van der Waals surface area contributed by atoms with Crippen molar-refractivity contribution < 1.29 is 4.79 Å². The molecule has 0 bridgehead atoms. The molecule has 1 atom stereocenters. The SMILES string of the molecule is CNCC(C)C(=O)Nc1ccccc1-c1ccccc1. The molecule has 0 saturated heterocycles. The summed E-state index contributed by atoms with van der Waals surface area (Å²) in [6, 6.07) is 17.9. The summed E-state index contributed by atoms with van der Waals surface area (Å²) in [4.78, 5) is 12.1. The van der Waals surface area contributed by atoms with Gasteiger partial charge in [-0.15, -0.1) is 0 Å². The molecule has 1 amide bonds. The fraction of sp³-hybridized carbons (Fsp3) is 0.235. The van der Waals surface area contributed by atoms with Crippen LogP contribution < -0.4 is 10.6 Å². The number of anilines is 1. The third-order valence-electron chi connectivity index (χ3n) is 3.23. The normalized spacial score (nSPS) is 11.9. The highest BCUT2D eigenvalue weighted by Gasteiger charge is 2.13. The van der Waals surface area contributed by atoms with E-state index in [9.17, 15) is 4.79 Å². The summed E-state index contributed by atoms with van der Waals surface area (Å²) < 4.78 is 0. The molecule has 0 aliphatic carbocycles. The second kappa shape index (κ2) is 6.87. The molecular formula is C17H20N2O. The van der Waals surface area contributed by atoms with Crippen molar-refractivity contribution in [3.05, 3.63) is 54.6 Å². The van der Waals surface area contributed by atoms with Crippen molar-refractivity contribution in [2.45, 2.75) is 6.92 Å². The molecule has 0 heterocycles. The fourth-order valence-corrected chi connectivity index (χ4v) is 2.12. The van der Waals surface area contributed by atoms with Crippen LogP contribution in [0.3, 0.4) is 0 Å². The Morgan fingerprint density at radius 1 is 1.05 bits per heavy atom. The predicted octanol–water partition coefficient (Wildman–Crippen LogP) is 3.15. The van der Waals surface area contributed by atoms with E-state index in [0.29, 0.717) is 6.54 Å². The average molecular weight is 268 g/mol. The van der Waals surface area contributed by atoms with Gasteiger partial charge in [-0.05, 0) is 18.7 Å². The first-order valence-electron chi connectivity index (χ1n) is 6.82. The van der Waals surface area contributed by atoms with E-state index in [2.05, 4.69) is 10.6 Å². The molecule has 3 heteroatoms. The number of carbonyl (C=O) groups is 1. The Hall–Kier alpha value is -2.13. The lowest BCUT2D eigenvalue weighted by atomic mass is 10.0. The minimum atomic E-state index is -0.0659. The topological polar surface area (TPSA) is 41.1 Å². The molecule has 0 spiro atoms. The number of amides is 1. The predicted molar refractivity (Wildman–Crippen MR) is 83.6 cm³/mol. The van der Waals surface area contributed by atoms with Crippen LogP contribution in [0.25, 0.3) is 11.1 Å². The van der Waals surface area contributed by atoms with Crippen LogP contribution in [0, 0.1) is 5.92 Å². The minimum Gasteiger partial charge on any atom is -0.325 e. The molecule has 2 N–H and O–H groups in total. The zero-order chi connectivity index (χ0) is 14.4. The molecule has 2 aromatic carbocycles. The summed E-state index contributed by atoms with van der Waals surface area (Å²) in [6.07, 6.45) is 0. The van der Waals surface area contributed by atoms with Gasteiger partial charge in [-0.3, -0.25) is 4.79 Å². The highest BCUT2D eigenvalue weighted by atomic mass is 16.1. The Labute approximate surface area is 120 Å². The van der Waals surface area contributed by atoms with Gasteiger partial charge in [0, 0.05) is 23.7 Å². The molecule has 0 radical (unpaired) electrons. The number of hydrogen-bond acceptors (Lipinski definition) is 2. The molecule has 20 heavy (non-hydrogen) atoms. The van der Waals surface area contributed by atoms with E-state index < -0.39 is 0 Å². The van der Waals surface area contributed by atoms with Gasteiger partial charge in [0.15, 0.2) is 0 Å². The summed E-state index contributed by atoms with van der Waals surface area (Å²) in [6.45, 7) is 2.58. The maximum Gasteiger partial charge on any atom is 0.228 e. The maximum absolute atomic E-state index is 12.1. The van der Waals surface area contributed by atoms with Gasteiger partial charge in [0.2, 0.25) is 5.91 Å². The van der Waals surface area contributed by atoms with Crippen LogP contribution >= 0.6 is 0 Å². The van der Waals surface area contributed by atoms with Crippen molar-refractivity contribution >= 4 is 11.6 Å². The lowest BCUT2D eigenvalue weighted by Gasteiger charge is -2.14. The average Bonchev–Trinajstić information content (AvgIpc) is 2.49. The molecule has 0 aliphatic rings. The van der Waals surface area contributed by atoms with Gasteiger partial charge in [0.25, 0.3) is 0 Å². The highest BCUT2D eigenvalue weighted by Crippen LogP contribution is 2.27. The Morgan fingerprint density at radius 2 is 1.70 bits per heavy atom. The molecule has 0 fully saturated rings. The van der Waals surface area contributed by atoms with Gasteiger partial charge >= 0.3 is 0 Å². The van der Waals surface area contributed by atoms with Crippen molar-refractivity contribution in [2.75, 3.05) is 18.9 Å². The van der Waals surface area contributed by atoms with Gasteiger partial charge < -0.3 is 10.6 Å². The van der Waals surface area contributed by atoms with Crippen LogP contribution in [0.15, 0.2) is 54.6 Å². The second-order valence-corrected chi connectivity index (χ2v) is 4.86. The third-order valence-corrected chi connectivity index (χ3v) is 3.23. The highest BCUT2D eigenvalue weighted by molar-refractivity contribution is 5.96. The molecule has 104 valence electrons. The molecule has 0 saturated carbocycles. The number of para-hydroxylation sites is 1. The number of hydrogen-bond donors (Lipinski definition) is 2. The van der Waals surface area contributed by atoms with Gasteiger partial charge in [-0.1, -0.05) is 55.5 Å². The quantitative estimate of drug-likeness (QED) is 0.874. The van der Waals surface area contributed by atoms with Crippen LogP contribution in [0.1, 0.15) is 6.92 Å². The summed E-state index contributed by atoms with van der Waals surface area (Å²) >= 11 is 0. The van der Waals surface area contributed by atoms with E-state index in [4.69, 9.17) is 0 Å². The second-order valence-electron chi connectivity index (χ2n) is 4.86. The lowest BCUT2D eigenvalue weighted by molar-refractivity contribution is -0.119. The number of benzene rings is 2. The van der Waals surface area contributed by atoms with Crippen LogP contribution in [0.4, 0.5) is 5.69 Å². The minimum absolute atomic E-state index is 0.0303. The first kappa shape index (κ1) is 14.3. The standard InChI is InChI=1S/C17H20N2O/c1-13(12-18-2)17(20)19-16-11-7-6-10-15(16)14-8-4-3-5-9-14/h3-11,13,18H,12H2,1-2H3,(H,19,20). The van der Waals surface area contributed by atoms with Gasteiger partial charge in [-0.25, -0.2) is 0 Å².